The molecule has 0 bridgehead atoms. The Morgan fingerprint density at radius 2 is 1.27 bits per heavy atom. The predicted molar refractivity (Wildman–Crippen MR) is 55.0 cm³/mol. The van der Waals surface area contributed by atoms with E-state index in [1.54, 1.807) is 0 Å². The molecule has 0 saturated carbocycles. The SMILES string of the molecule is Cc1ccc([I-]c2ccc(F)cc2)cc1. The number of halogens is 2. The van der Waals surface area contributed by atoms with Crippen molar-refractivity contribution in [2.75, 3.05) is 0 Å². The van der Waals surface area contributed by atoms with Gasteiger partial charge in [0.1, 0.15) is 0 Å². The summed E-state index contributed by atoms with van der Waals surface area (Å²) in [5.41, 5.74) is 1.28. The van der Waals surface area contributed by atoms with Crippen molar-refractivity contribution in [3.63, 3.8) is 0 Å². The van der Waals surface area contributed by atoms with Crippen LogP contribution < -0.4 is 21.2 Å². The molecule has 0 nitrogen and oxygen atoms in total. The molecule has 2 aromatic carbocycles. The summed E-state index contributed by atoms with van der Waals surface area (Å²) in [6, 6.07) is 15.4. The summed E-state index contributed by atoms with van der Waals surface area (Å²) in [5, 5.41) is 0. The average molecular weight is 313 g/mol. The maximum absolute atomic E-state index is 12.7. The van der Waals surface area contributed by atoms with Gasteiger partial charge in [-0.2, -0.15) is 0 Å². The van der Waals surface area contributed by atoms with Crippen LogP contribution in [0, 0.1) is 19.9 Å². The van der Waals surface area contributed by atoms with Gasteiger partial charge in [0.05, 0.1) is 0 Å². The van der Waals surface area contributed by atoms with Gasteiger partial charge in [0.2, 0.25) is 0 Å². The Balaban J connectivity index is 2.15. The molecule has 0 fully saturated rings. The molecule has 2 rings (SSSR count). The Hall–Kier alpha value is -0.900. The van der Waals surface area contributed by atoms with Crippen molar-refractivity contribution in [1.29, 1.82) is 0 Å². The molecule has 0 saturated heterocycles. The Morgan fingerprint density at radius 3 is 1.80 bits per heavy atom. The first-order valence-corrected chi connectivity index (χ1v) is 6.87. The van der Waals surface area contributed by atoms with E-state index in [9.17, 15) is 4.39 Å². The van der Waals surface area contributed by atoms with E-state index in [2.05, 4.69) is 31.2 Å². The topological polar surface area (TPSA) is 0 Å². The summed E-state index contributed by atoms with van der Waals surface area (Å²) in [6.45, 7) is 2.08. The third-order valence-electron chi connectivity index (χ3n) is 2.03. The third kappa shape index (κ3) is 3.02. The molecule has 2 aromatic rings. The molecule has 0 N–H and O–H groups in total. The average Bonchev–Trinajstić information content (AvgIpc) is 2.25. The first-order chi connectivity index (χ1) is 7.24. The van der Waals surface area contributed by atoms with Crippen LogP contribution in [0.15, 0.2) is 48.5 Å². The van der Waals surface area contributed by atoms with Crippen molar-refractivity contribution in [2.24, 2.45) is 0 Å². The van der Waals surface area contributed by atoms with Crippen LogP contribution in [0.5, 0.6) is 0 Å². The van der Waals surface area contributed by atoms with Crippen molar-refractivity contribution in [2.45, 2.75) is 6.92 Å². The molecule has 0 aromatic heterocycles. The molecule has 0 aliphatic carbocycles. The minimum absolute atomic E-state index is 0.160. The maximum atomic E-state index is 12.7. The fourth-order valence-corrected chi connectivity index (χ4v) is 3.37. The van der Waals surface area contributed by atoms with Gasteiger partial charge in [-0.25, -0.2) is 0 Å². The predicted octanol–water partition coefficient (Wildman–Crippen LogP) is 0.263. The molecule has 0 unspecified atom stereocenters. The monoisotopic (exact) mass is 313 g/mol. The van der Waals surface area contributed by atoms with E-state index < -0.39 is 0 Å². The first-order valence-electron chi connectivity index (χ1n) is 4.71. The number of rotatable bonds is 2. The zero-order valence-corrected chi connectivity index (χ0v) is 10.5. The van der Waals surface area contributed by atoms with E-state index in [0.717, 1.165) is 0 Å². The van der Waals surface area contributed by atoms with Crippen LogP contribution in [-0.2, 0) is 0 Å². The Morgan fingerprint density at radius 1 is 0.800 bits per heavy atom. The molecule has 0 heterocycles. The fourth-order valence-electron chi connectivity index (χ4n) is 1.21. The number of hydrogen-bond acceptors (Lipinski definition) is 0. The molecule has 2 heteroatoms. The molecular weight excluding hydrogens is 302 g/mol. The van der Waals surface area contributed by atoms with E-state index in [0.29, 0.717) is 0 Å². The van der Waals surface area contributed by atoms with Gasteiger partial charge in [-0.05, 0) is 0 Å². The van der Waals surface area contributed by atoms with Gasteiger partial charge in [0.25, 0.3) is 0 Å². The van der Waals surface area contributed by atoms with Gasteiger partial charge in [-0.15, -0.1) is 0 Å². The Labute approximate surface area is 99.4 Å². The normalized spacial score (nSPS) is 10.5. The van der Waals surface area contributed by atoms with Crippen molar-refractivity contribution >= 4 is 0 Å². The van der Waals surface area contributed by atoms with Crippen LogP contribution in [0.25, 0.3) is 0 Å². The second kappa shape index (κ2) is 4.75. The molecule has 0 aliphatic rings. The molecule has 15 heavy (non-hydrogen) atoms. The molecule has 0 spiro atoms. The van der Waals surface area contributed by atoms with Crippen LogP contribution in [0.4, 0.5) is 4.39 Å². The fraction of sp³-hybridized carbons (Fsp3) is 0.0769. The van der Waals surface area contributed by atoms with E-state index in [4.69, 9.17) is 0 Å². The van der Waals surface area contributed by atoms with Crippen LogP contribution in [-0.4, -0.2) is 0 Å². The third-order valence-corrected chi connectivity index (χ3v) is 4.72. The van der Waals surface area contributed by atoms with Crippen molar-refractivity contribution in [3.05, 3.63) is 67.1 Å². The Kier molecular flexibility index (Phi) is 3.36. The van der Waals surface area contributed by atoms with Crippen molar-refractivity contribution in [3.8, 4) is 0 Å². The summed E-state index contributed by atoms with van der Waals surface area (Å²) in [4.78, 5) is 0. The van der Waals surface area contributed by atoms with Crippen LogP contribution in [0.3, 0.4) is 0 Å². The first kappa shape index (κ1) is 10.6. The van der Waals surface area contributed by atoms with E-state index in [1.165, 1.54) is 24.8 Å². The van der Waals surface area contributed by atoms with E-state index in [-0.39, 0.29) is 27.0 Å². The minimum atomic E-state index is -0.164. The summed E-state index contributed by atoms with van der Waals surface area (Å²) in [5.74, 6) is -0.160. The molecule has 0 radical (unpaired) electrons. The summed E-state index contributed by atoms with van der Waals surface area (Å²) >= 11 is -0.164. The quantitative estimate of drug-likeness (QED) is 0.698. The second-order valence-electron chi connectivity index (χ2n) is 3.33. The number of benzene rings is 2. The number of hydrogen-bond donors (Lipinski definition) is 0. The zero-order chi connectivity index (χ0) is 10.7. The van der Waals surface area contributed by atoms with E-state index >= 15 is 0 Å². The van der Waals surface area contributed by atoms with Gasteiger partial charge in [0, 0.05) is 0 Å². The van der Waals surface area contributed by atoms with E-state index in [1.807, 2.05) is 12.1 Å². The second-order valence-corrected chi connectivity index (χ2v) is 6.36. The van der Waals surface area contributed by atoms with Gasteiger partial charge in [0.15, 0.2) is 0 Å². The van der Waals surface area contributed by atoms with Gasteiger partial charge in [-0.1, -0.05) is 0 Å². The van der Waals surface area contributed by atoms with Crippen LogP contribution in [0.2, 0.25) is 0 Å². The van der Waals surface area contributed by atoms with Gasteiger partial charge >= 0.3 is 99.6 Å². The standard InChI is InChI=1S/C13H11FI/c1-10-2-6-12(7-3-10)15-13-8-4-11(14)5-9-13/h2-9H,1H3/q-1. The zero-order valence-electron chi connectivity index (χ0n) is 8.37. The molecular formula is C13H11FI-. The molecule has 0 amide bonds. The molecule has 0 atom stereocenters. The summed E-state index contributed by atoms with van der Waals surface area (Å²) in [6.07, 6.45) is 0. The molecule has 0 aliphatic heterocycles. The number of aryl methyl sites for hydroxylation is 1. The van der Waals surface area contributed by atoms with Crippen LogP contribution in [0.1, 0.15) is 5.56 Å². The molecule has 78 valence electrons. The van der Waals surface area contributed by atoms with Crippen molar-refractivity contribution < 1.29 is 25.6 Å². The van der Waals surface area contributed by atoms with Gasteiger partial charge < -0.3 is 0 Å². The summed E-state index contributed by atoms with van der Waals surface area (Å²) < 4.78 is 15.3. The van der Waals surface area contributed by atoms with Gasteiger partial charge in [-0.3, -0.25) is 0 Å². The van der Waals surface area contributed by atoms with Crippen LogP contribution >= 0.6 is 0 Å². The Bertz CT molecular complexity index is 388. The summed E-state index contributed by atoms with van der Waals surface area (Å²) in [7, 11) is 0. The van der Waals surface area contributed by atoms with Crippen molar-refractivity contribution in [1.82, 2.24) is 0 Å².